The third-order valence-corrected chi connectivity index (χ3v) is 1.20. The van der Waals surface area contributed by atoms with E-state index in [-0.39, 0.29) is 19.4 Å². The summed E-state index contributed by atoms with van der Waals surface area (Å²) in [7, 11) is 0. The number of aliphatic hydroxyl groups excluding tert-OH is 1. The Balaban J connectivity index is 0.000000226. The minimum absolute atomic E-state index is 0.133. The summed E-state index contributed by atoms with van der Waals surface area (Å²) in [4.78, 5) is 20.0. The van der Waals surface area contributed by atoms with Crippen molar-refractivity contribution in [2.75, 3.05) is 19.8 Å². The third kappa shape index (κ3) is 7.42. The summed E-state index contributed by atoms with van der Waals surface area (Å²) in [5.74, 6) is -0.796. The second-order valence-corrected chi connectivity index (χ2v) is 2.27. The van der Waals surface area contributed by atoms with E-state index in [0.717, 1.165) is 0 Å². The van der Waals surface area contributed by atoms with Crippen molar-refractivity contribution < 1.29 is 24.2 Å². The molecule has 1 saturated heterocycles. The monoisotopic (exact) mass is 190 g/mol. The number of esters is 2. The Morgan fingerprint density at radius 1 is 1.38 bits per heavy atom. The molecule has 13 heavy (non-hydrogen) atoms. The van der Waals surface area contributed by atoms with Crippen molar-refractivity contribution in [3.63, 3.8) is 0 Å². The van der Waals surface area contributed by atoms with Crippen LogP contribution in [0.3, 0.4) is 0 Å². The molecule has 0 saturated carbocycles. The van der Waals surface area contributed by atoms with Gasteiger partial charge >= 0.3 is 11.9 Å². The van der Waals surface area contributed by atoms with E-state index in [0.29, 0.717) is 13.2 Å². The van der Waals surface area contributed by atoms with Gasteiger partial charge in [-0.15, -0.1) is 0 Å². The standard InChI is InChI=1S/C4H4O3.C4H10O2/c5-3-1-2-4(6)7-3;1-2-6-4-3-5/h1-2H2;5H,2-4H2,1H3. The quantitative estimate of drug-likeness (QED) is 0.381. The number of cyclic esters (lactones) is 2. The summed E-state index contributed by atoms with van der Waals surface area (Å²) < 4.78 is 8.82. The molecule has 1 N–H and O–H groups in total. The second kappa shape index (κ2) is 7.70. The number of hydrogen-bond donors (Lipinski definition) is 1. The van der Waals surface area contributed by atoms with Crippen LogP contribution < -0.4 is 0 Å². The minimum atomic E-state index is -0.398. The molecule has 1 aliphatic rings. The Bertz CT molecular complexity index is 148. The summed E-state index contributed by atoms with van der Waals surface area (Å²) in [6.45, 7) is 3.20. The molecule has 0 aromatic rings. The molecule has 0 radical (unpaired) electrons. The second-order valence-electron chi connectivity index (χ2n) is 2.27. The molecule has 1 fully saturated rings. The van der Waals surface area contributed by atoms with Crippen LogP contribution in [-0.2, 0) is 19.1 Å². The molecule has 5 heteroatoms. The zero-order valence-corrected chi connectivity index (χ0v) is 7.62. The Hall–Kier alpha value is -0.940. The van der Waals surface area contributed by atoms with Crippen molar-refractivity contribution in [1.82, 2.24) is 0 Å². The first-order valence-electron chi connectivity index (χ1n) is 4.12. The molecule has 0 atom stereocenters. The van der Waals surface area contributed by atoms with Gasteiger partial charge in [-0.05, 0) is 6.92 Å². The first-order chi connectivity index (χ1) is 6.20. The van der Waals surface area contributed by atoms with Gasteiger partial charge in [-0.2, -0.15) is 0 Å². The van der Waals surface area contributed by atoms with Crippen LogP contribution in [0.5, 0.6) is 0 Å². The molecule has 0 bridgehead atoms. The number of carbonyl (C=O) groups excluding carboxylic acids is 2. The van der Waals surface area contributed by atoms with Crippen molar-refractivity contribution in [1.29, 1.82) is 0 Å². The highest BCUT2D eigenvalue weighted by molar-refractivity contribution is 5.92. The number of aliphatic hydroxyl groups is 1. The molecule has 5 nitrogen and oxygen atoms in total. The number of rotatable bonds is 3. The maximum absolute atomic E-state index is 10.0. The van der Waals surface area contributed by atoms with Gasteiger partial charge in [0.2, 0.25) is 0 Å². The van der Waals surface area contributed by atoms with Gasteiger partial charge in [0.05, 0.1) is 26.1 Å². The fourth-order valence-electron chi connectivity index (χ4n) is 0.642. The minimum Gasteiger partial charge on any atom is -0.394 e. The maximum Gasteiger partial charge on any atom is 0.314 e. The van der Waals surface area contributed by atoms with E-state index < -0.39 is 11.9 Å². The molecule has 0 aromatic heterocycles. The van der Waals surface area contributed by atoms with Gasteiger partial charge in [-0.25, -0.2) is 0 Å². The van der Waals surface area contributed by atoms with Gasteiger partial charge in [0.25, 0.3) is 0 Å². The van der Waals surface area contributed by atoms with E-state index in [1.54, 1.807) is 0 Å². The van der Waals surface area contributed by atoms with E-state index in [4.69, 9.17) is 9.84 Å². The topological polar surface area (TPSA) is 72.8 Å². The summed E-state index contributed by atoms with van der Waals surface area (Å²) in [6, 6.07) is 0. The smallest absolute Gasteiger partial charge is 0.314 e. The van der Waals surface area contributed by atoms with Gasteiger partial charge in [0.15, 0.2) is 0 Å². The normalized spacial score (nSPS) is 14.9. The van der Waals surface area contributed by atoms with Crippen molar-refractivity contribution in [3.05, 3.63) is 0 Å². The fraction of sp³-hybridized carbons (Fsp3) is 0.750. The SMILES string of the molecule is CCOCCO.O=C1CCC(=O)O1. The Morgan fingerprint density at radius 3 is 2.08 bits per heavy atom. The maximum atomic E-state index is 10.0. The average molecular weight is 190 g/mol. The molecule has 0 aromatic carbocycles. The zero-order valence-electron chi connectivity index (χ0n) is 7.62. The fourth-order valence-corrected chi connectivity index (χ4v) is 0.642. The lowest BCUT2D eigenvalue weighted by molar-refractivity contribution is -0.151. The predicted molar refractivity (Wildman–Crippen MR) is 43.9 cm³/mol. The van der Waals surface area contributed by atoms with Crippen LogP contribution in [-0.4, -0.2) is 36.9 Å². The van der Waals surface area contributed by atoms with Crippen molar-refractivity contribution in [3.8, 4) is 0 Å². The highest BCUT2D eigenvalue weighted by atomic mass is 16.6. The molecule has 0 amide bonds. The highest BCUT2D eigenvalue weighted by Crippen LogP contribution is 2.03. The molecule has 1 aliphatic heterocycles. The molecule has 0 unspecified atom stereocenters. The van der Waals surface area contributed by atoms with Crippen molar-refractivity contribution >= 4 is 11.9 Å². The average Bonchev–Trinajstić information content (AvgIpc) is 2.47. The third-order valence-electron chi connectivity index (χ3n) is 1.20. The number of hydrogen-bond acceptors (Lipinski definition) is 5. The van der Waals surface area contributed by atoms with E-state index in [2.05, 4.69) is 4.74 Å². The van der Waals surface area contributed by atoms with Crippen LogP contribution in [0.15, 0.2) is 0 Å². The van der Waals surface area contributed by atoms with Crippen molar-refractivity contribution in [2.45, 2.75) is 19.8 Å². The first kappa shape index (κ1) is 12.1. The highest BCUT2D eigenvalue weighted by Gasteiger charge is 2.19. The van der Waals surface area contributed by atoms with Crippen LogP contribution in [0.2, 0.25) is 0 Å². The first-order valence-corrected chi connectivity index (χ1v) is 4.12. The summed E-state index contributed by atoms with van der Waals surface area (Å²) in [5.41, 5.74) is 0. The predicted octanol–water partition coefficient (Wildman–Crippen LogP) is -0.135. The Morgan fingerprint density at radius 2 is 1.92 bits per heavy atom. The van der Waals surface area contributed by atoms with E-state index in [1.165, 1.54) is 0 Å². The Kier molecular flexibility index (Phi) is 7.14. The van der Waals surface area contributed by atoms with Crippen LogP contribution in [0.1, 0.15) is 19.8 Å². The molecule has 0 spiro atoms. The molecule has 0 aliphatic carbocycles. The molecule has 1 rings (SSSR count). The molecular weight excluding hydrogens is 176 g/mol. The van der Waals surface area contributed by atoms with Gasteiger partial charge < -0.3 is 14.6 Å². The van der Waals surface area contributed by atoms with Crippen LogP contribution in [0.25, 0.3) is 0 Å². The summed E-state index contributed by atoms with van der Waals surface area (Å²) in [6.07, 6.45) is 0.525. The number of ether oxygens (including phenoxy) is 2. The van der Waals surface area contributed by atoms with Crippen LogP contribution >= 0.6 is 0 Å². The lowest BCUT2D eigenvalue weighted by atomic mass is 10.4. The molecular formula is C8H14O5. The largest absolute Gasteiger partial charge is 0.394 e. The zero-order chi connectivity index (χ0) is 10.1. The summed E-state index contributed by atoms with van der Waals surface area (Å²) in [5, 5.41) is 8.07. The molecule has 1 heterocycles. The van der Waals surface area contributed by atoms with E-state index >= 15 is 0 Å². The Labute approximate surface area is 76.6 Å². The van der Waals surface area contributed by atoms with Gasteiger partial charge in [0.1, 0.15) is 0 Å². The van der Waals surface area contributed by atoms with Gasteiger partial charge in [-0.1, -0.05) is 0 Å². The number of carbonyl (C=O) groups is 2. The van der Waals surface area contributed by atoms with Crippen LogP contribution in [0.4, 0.5) is 0 Å². The van der Waals surface area contributed by atoms with Crippen LogP contribution in [0, 0.1) is 0 Å². The van der Waals surface area contributed by atoms with Crippen molar-refractivity contribution in [2.24, 2.45) is 0 Å². The van der Waals surface area contributed by atoms with E-state index in [9.17, 15) is 9.59 Å². The van der Waals surface area contributed by atoms with Gasteiger partial charge in [0, 0.05) is 6.61 Å². The molecule has 76 valence electrons. The van der Waals surface area contributed by atoms with Gasteiger partial charge in [-0.3, -0.25) is 9.59 Å². The van der Waals surface area contributed by atoms with E-state index in [1.807, 2.05) is 6.92 Å². The lowest BCUT2D eigenvalue weighted by Gasteiger charge is -1.91. The summed E-state index contributed by atoms with van der Waals surface area (Å²) >= 11 is 0. The lowest BCUT2D eigenvalue weighted by Crippen LogP contribution is -1.96.